The lowest BCUT2D eigenvalue weighted by Crippen LogP contribution is -2.21. The first kappa shape index (κ1) is 18.8. The van der Waals surface area contributed by atoms with E-state index in [4.69, 9.17) is 21.7 Å². The molecule has 25 heavy (non-hydrogen) atoms. The van der Waals surface area contributed by atoms with Crippen molar-refractivity contribution in [1.29, 1.82) is 0 Å². The summed E-state index contributed by atoms with van der Waals surface area (Å²) in [5.74, 6) is -0.496. The van der Waals surface area contributed by atoms with Crippen LogP contribution >= 0.6 is 23.6 Å². The fraction of sp³-hybridized carbons (Fsp3) is 0.250. The molecule has 2 aromatic heterocycles. The van der Waals surface area contributed by atoms with Gasteiger partial charge in [-0.05, 0) is 43.3 Å². The summed E-state index contributed by atoms with van der Waals surface area (Å²) in [4.78, 5) is 28.5. The number of ether oxygens (including phenoxy) is 2. The Balaban J connectivity index is 2.31. The molecule has 0 saturated heterocycles. The Bertz CT molecular complexity index is 833. The van der Waals surface area contributed by atoms with Crippen LogP contribution in [0.5, 0.6) is 0 Å². The summed E-state index contributed by atoms with van der Waals surface area (Å²) in [6.45, 7) is 3.54. The molecule has 2 rings (SSSR count). The van der Waals surface area contributed by atoms with Gasteiger partial charge in [0, 0.05) is 6.20 Å². The zero-order valence-corrected chi connectivity index (χ0v) is 15.8. The first-order chi connectivity index (χ1) is 11.9. The Morgan fingerprint density at radius 2 is 1.84 bits per heavy atom. The normalized spacial score (nSPS) is 10.1. The Hall–Kier alpha value is -2.52. The third-order valence-corrected chi connectivity index (χ3v) is 4.77. The highest BCUT2D eigenvalue weighted by Crippen LogP contribution is 2.34. The maximum absolute atomic E-state index is 12.1. The average molecular weight is 379 g/mol. The summed E-state index contributed by atoms with van der Waals surface area (Å²) < 4.78 is 9.55. The van der Waals surface area contributed by atoms with Gasteiger partial charge in [0.05, 0.1) is 19.8 Å². The zero-order valence-electron chi connectivity index (χ0n) is 14.1. The topological polar surface area (TPSA) is 89.5 Å². The number of rotatable bonds is 4. The van der Waals surface area contributed by atoms with Gasteiger partial charge in [0.15, 0.2) is 5.11 Å². The van der Waals surface area contributed by atoms with E-state index < -0.39 is 11.9 Å². The number of pyridine rings is 1. The van der Waals surface area contributed by atoms with E-state index in [0.29, 0.717) is 21.3 Å². The van der Waals surface area contributed by atoms with Crippen LogP contribution in [0.25, 0.3) is 0 Å². The minimum atomic E-state index is -0.566. The second kappa shape index (κ2) is 8.04. The summed E-state index contributed by atoms with van der Waals surface area (Å²) >= 11 is 6.35. The van der Waals surface area contributed by atoms with Crippen LogP contribution in [0.15, 0.2) is 18.3 Å². The number of anilines is 2. The van der Waals surface area contributed by atoms with Crippen molar-refractivity contribution in [3.63, 3.8) is 0 Å². The summed E-state index contributed by atoms with van der Waals surface area (Å²) in [5.41, 5.74) is 1.63. The molecule has 2 N–H and O–H groups in total. The molecule has 0 unspecified atom stereocenters. The fourth-order valence-electron chi connectivity index (χ4n) is 2.10. The predicted molar refractivity (Wildman–Crippen MR) is 101 cm³/mol. The maximum Gasteiger partial charge on any atom is 0.348 e. The molecule has 0 radical (unpaired) electrons. The van der Waals surface area contributed by atoms with E-state index >= 15 is 0 Å². The molecule has 0 fully saturated rings. The van der Waals surface area contributed by atoms with Crippen molar-refractivity contribution in [3.05, 3.63) is 39.9 Å². The van der Waals surface area contributed by atoms with E-state index in [1.807, 2.05) is 19.1 Å². The van der Waals surface area contributed by atoms with Crippen molar-refractivity contribution >= 4 is 51.4 Å². The van der Waals surface area contributed by atoms with Gasteiger partial charge < -0.3 is 20.1 Å². The lowest BCUT2D eigenvalue weighted by Gasteiger charge is -2.11. The molecular weight excluding hydrogens is 362 g/mol. The minimum Gasteiger partial charge on any atom is -0.465 e. The first-order valence-corrected chi connectivity index (χ1v) is 8.41. The molecule has 0 aromatic carbocycles. The molecular formula is C16H17N3O4S2. The van der Waals surface area contributed by atoms with E-state index in [2.05, 4.69) is 15.6 Å². The Kier molecular flexibility index (Phi) is 6.05. The van der Waals surface area contributed by atoms with Gasteiger partial charge in [-0.25, -0.2) is 14.6 Å². The summed E-state index contributed by atoms with van der Waals surface area (Å²) in [6.07, 6.45) is 1.64. The van der Waals surface area contributed by atoms with Crippen molar-refractivity contribution in [2.24, 2.45) is 0 Å². The van der Waals surface area contributed by atoms with Crippen LogP contribution in [0.1, 0.15) is 31.2 Å². The number of hydrogen-bond donors (Lipinski definition) is 2. The number of aryl methyl sites for hydroxylation is 1. The van der Waals surface area contributed by atoms with Crippen LogP contribution in [-0.4, -0.2) is 36.3 Å². The second-order valence-corrected chi connectivity index (χ2v) is 6.42. The SMILES string of the molecule is COC(=O)c1sc(NC(=S)Nc2ncccc2C)c(C(=O)OC)c1C. The van der Waals surface area contributed by atoms with Crippen molar-refractivity contribution in [2.45, 2.75) is 13.8 Å². The van der Waals surface area contributed by atoms with Crippen LogP contribution in [0.2, 0.25) is 0 Å². The van der Waals surface area contributed by atoms with E-state index in [1.54, 1.807) is 13.1 Å². The number of hydrogen-bond acceptors (Lipinski definition) is 7. The van der Waals surface area contributed by atoms with Crippen LogP contribution in [0.3, 0.4) is 0 Å². The molecule has 0 spiro atoms. The van der Waals surface area contributed by atoms with Crippen LogP contribution in [0.4, 0.5) is 10.8 Å². The van der Waals surface area contributed by atoms with E-state index in [9.17, 15) is 9.59 Å². The highest BCUT2D eigenvalue weighted by molar-refractivity contribution is 7.80. The summed E-state index contributed by atoms with van der Waals surface area (Å²) in [5, 5.41) is 6.53. The number of carbonyl (C=O) groups excluding carboxylic acids is 2. The molecule has 0 aliphatic carbocycles. The first-order valence-electron chi connectivity index (χ1n) is 7.18. The Morgan fingerprint density at radius 3 is 2.44 bits per heavy atom. The van der Waals surface area contributed by atoms with Crippen molar-refractivity contribution in [1.82, 2.24) is 4.98 Å². The van der Waals surface area contributed by atoms with Crippen molar-refractivity contribution in [3.8, 4) is 0 Å². The molecule has 0 amide bonds. The standard InChI is InChI=1S/C16H17N3O4S2/c1-8-6-5-7-17-12(8)18-16(24)19-13-10(14(20)22-3)9(2)11(25-13)15(21)23-4/h5-7H,1-4H3,(H2,17,18,19,24). The van der Waals surface area contributed by atoms with E-state index in [0.717, 1.165) is 16.9 Å². The number of nitrogens with zero attached hydrogens (tertiary/aromatic N) is 1. The molecule has 0 bridgehead atoms. The molecule has 7 nitrogen and oxygen atoms in total. The monoisotopic (exact) mass is 379 g/mol. The number of methoxy groups -OCH3 is 2. The largest absolute Gasteiger partial charge is 0.465 e. The third-order valence-electron chi connectivity index (χ3n) is 3.38. The minimum absolute atomic E-state index is 0.240. The number of aromatic nitrogens is 1. The maximum atomic E-state index is 12.1. The molecule has 2 aromatic rings. The van der Waals surface area contributed by atoms with Gasteiger partial charge in [-0.2, -0.15) is 0 Å². The van der Waals surface area contributed by atoms with Crippen LogP contribution in [0, 0.1) is 13.8 Å². The quantitative estimate of drug-likeness (QED) is 0.619. The van der Waals surface area contributed by atoms with Crippen LogP contribution < -0.4 is 10.6 Å². The average Bonchev–Trinajstić information content (AvgIpc) is 2.91. The fourth-order valence-corrected chi connectivity index (χ4v) is 3.48. The van der Waals surface area contributed by atoms with Gasteiger partial charge in [-0.3, -0.25) is 0 Å². The third kappa shape index (κ3) is 4.12. The number of nitrogens with one attached hydrogen (secondary N) is 2. The van der Waals surface area contributed by atoms with Crippen molar-refractivity contribution in [2.75, 3.05) is 24.9 Å². The zero-order chi connectivity index (χ0) is 18.6. The molecule has 132 valence electrons. The van der Waals surface area contributed by atoms with Crippen molar-refractivity contribution < 1.29 is 19.1 Å². The molecule has 2 heterocycles. The lowest BCUT2D eigenvalue weighted by molar-refractivity contribution is 0.0601. The van der Waals surface area contributed by atoms with E-state index in [1.165, 1.54) is 14.2 Å². The van der Waals surface area contributed by atoms with Gasteiger partial charge in [0.1, 0.15) is 15.7 Å². The molecule has 9 heteroatoms. The van der Waals surface area contributed by atoms with Gasteiger partial charge in [-0.15, -0.1) is 11.3 Å². The summed E-state index contributed by atoms with van der Waals surface area (Å²) in [7, 11) is 2.55. The number of thiophene rings is 1. The Labute approximate surface area is 154 Å². The number of thiocarbonyl (C=S) groups is 1. The van der Waals surface area contributed by atoms with Crippen LogP contribution in [-0.2, 0) is 9.47 Å². The number of carbonyl (C=O) groups is 2. The van der Waals surface area contributed by atoms with E-state index in [-0.39, 0.29) is 10.7 Å². The summed E-state index contributed by atoms with van der Waals surface area (Å²) in [6, 6.07) is 3.71. The highest BCUT2D eigenvalue weighted by Gasteiger charge is 2.26. The smallest absolute Gasteiger partial charge is 0.348 e. The molecule has 0 aliphatic rings. The van der Waals surface area contributed by atoms with Gasteiger partial charge >= 0.3 is 11.9 Å². The molecule has 0 saturated carbocycles. The van der Waals surface area contributed by atoms with Gasteiger partial charge in [-0.1, -0.05) is 6.07 Å². The molecule has 0 aliphatic heterocycles. The lowest BCUT2D eigenvalue weighted by atomic mass is 10.1. The Morgan fingerprint density at radius 1 is 1.16 bits per heavy atom. The number of esters is 2. The predicted octanol–water partition coefficient (Wildman–Crippen LogP) is 3.14. The molecule has 0 atom stereocenters. The highest BCUT2D eigenvalue weighted by atomic mass is 32.1. The van der Waals surface area contributed by atoms with Gasteiger partial charge in [0.25, 0.3) is 0 Å². The van der Waals surface area contributed by atoms with Gasteiger partial charge in [0.2, 0.25) is 0 Å². The second-order valence-electron chi connectivity index (χ2n) is 4.99.